The van der Waals surface area contributed by atoms with Crippen LogP contribution in [-0.2, 0) is 17.2 Å². The monoisotopic (exact) mass is 438 g/mol. The Bertz CT molecular complexity index is 1120. The van der Waals surface area contributed by atoms with Crippen molar-refractivity contribution in [2.75, 3.05) is 16.7 Å². The van der Waals surface area contributed by atoms with Crippen LogP contribution in [0.2, 0.25) is 0 Å². The number of nitrogens with one attached hydrogen (secondary N) is 3. The molecule has 30 heavy (non-hydrogen) atoms. The van der Waals surface area contributed by atoms with Crippen LogP contribution in [0.25, 0.3) is 0 Å². The maximum atomic E-state index is 11.9. The van der Waals surface area contributed by atoms with Gasteiger partial charge >= 0.3 is 0 Å². The van der Waals surface area contributed by atoms with E-state index in [0.29, 0.717) is 17.0 Å². The predicted molar refractivity (Wildman–Crippen MR) is 129 cm³/mol. The third kappa shape index (κ3) is 5.04. The van der Waals surface area contributed by atoms with Crippen molar-refractivity contribution in [3.63, 3.8) is 0 Å². The van der Waals surface area contributed by atoms with E-state index in [9.17, 15) is 4.21 Å². The SMILES string of the molecule is C/C=C\Cc1[nH]c(C(=N)c2cc(NSc3ccccc3S(C)=O)ccc2N)cc1C. The highest BCUT2D eigenvalue weighted by molar-refractivity contribution is 8.01. The zero-order valence-corrected chi connectivity index (χ0v) is 18.9. The third-order valence-corrected chi connectivity index (χ3v) is 6.73. The fraction of sp³-hybridized carbons (Fsp3) is 0.174. The van der Waals surface area contributed by atoms with Crippen LogP contribution in [0.5, 0.6) is 0 Å². The summed E-state index contributed by atoms with van der Waals surface area (Å²) >= 11 is 1.40. The van der Waals surface area contributed by atoms with Gasteiger partial charge in [0.1, 0.15) is 0 Å². The van der Waals surface area contributed by atoms with Crippen LogP contribution in [0.1, 0.15) is 29.4 Å². The number of aryl methyl sites for hydroxylation is 1. The Balaban J connectivity index is 1.82. The van der Waals surface area contributed by atoms with Crippen LogP contribution in [-0.4, -0.2) is 21.2 Å². The number of aromatic nitrogens is 1. The van der Waals surface area contributed by atoms with Crippen LogP contribution in [0.15, 0.2) is 70.5 Å². The van der Waals surface area contributed by atoms with Crippen molar-refractivity contribution in [2.24, 2.45) is 0 Å². The van der Waals surface area contributed by atoms with Gasteiger partial charge in [-0.3, -0.25) is 9.62 Å². The molecule has 0 fully saturated rings. The number of hydrogen-bond acceptors (Lipinski definition) is 5. The number of H-pyrrole nitrogens is 1. The van der Waals surface area contributed by atoms with Crippen LogP contribution in [0.3, 0.4) is 0 Å². The van der Waals surface area contributed by atoms with Gasteiger partial charge in [0, 0.05) is 40.2 Å². The van der Waals surface area contributed by atoms with Gasteiger partial charge in [0.2, 0.25) is 0 Å². The van der Waals surface area contributed by atoms with E-state index in [4.69, 9.17) is 11.1 Å². The summed E-state index contributed by atoms with van der Waals surface area (Å²) in [7, 11) is -1.07. The summed E-state index contributed by atoms with van der Waals surface area (Å²) in [6, 6.07) is 15.1. The first kappa shape index (κ1) is 21.9. The molecule has 5 nitrogen and oxygen atoms in total. The first-order valence-electron chi connectivity index (χ1n) is 9.54. The Hall–Kier alpha value is -2.77. The molecule has 1 heterocycles. The highest BCUT2D eigenvalue weighted by Gasteiger charge is 2.14. The summed E-state index contributed by atoms with van der Waals surface area (Å²) in [4.78, 5) is 5.04. The Kier molecular flexibility index (Phi) is 7.18. The molecule has 3 aromatic rings. The molecule has 0 amide bonds. The highest BCUT2D eigenvalue weighted by atomic mass is 32.2. The molecule has 0 saturated carbocycles. The van der Waals surface area contributed by atoms with Crippen molar-refractivity contribution < 1.29 is 4.21 Å². The van der Waals surface area contributed by atoms with Gasteiger partial charge in [-0.15, -0.1) is 0 Å². The minimum absolute atomic E-state index is 0.353. The molecule has 0 spiro atoms. The molecule has 0 aliphatic rings. The number of nitrogen functional groups attached to an aromatic ring is 1. The number of aromatic amines is 1. The van der Waals surface area contributed by atoms with Crippen LogP contribution < -0.4 is 10.5 Å². The Morgan fingerprint density at radius 1 is 1.27 bits per heavy atom. The summed E-state index contributed by atoms with van der Waals surface area (Å²) in [5, 5.41) is 8.68. The van der Waals surface area contributed by atoms with E-state index >= 15 is 0 Å². The van der Waals surface area contributed by atoms with Crippen LogP contribution >= 0.6 is 11.9 Å². The van der Waals surface area contributed by atoms with Crippen LogP contribution in [0, 0.1) is 12.3 Å². The average molecular weight is 439 g/mol. The third-order valence-electron chi connectivity index (χ3n) is 4.71. The maximum Gasteiger partial charge on any atom is 0.0868 e. The molecular formula is C23H26N4OS2. The zero-order chi connectivity index (χ0) is 21.7. The fourth-order valence-electron chi connectivity index (χ4n) is 3.05. The largest absolute Gasteiger partial charge is 0.398 e. The molecule has 1 aromatic heterocycles. The maximum absolute atomic E-state index is 11.9. The first-order chi connectivity index (χ1) is 14.4. The quantitative estimate of drug-likeness (QED) is 0.166. The van der Waals surface area contributed by atoms with Crippen molar-refractivity contribution in [3.8, 4) is 0 Å². The normalized spacial score (nSPS) is 12.2. The molecule has 156 valence electrons. The van der Waals surface area contributed by atoms with Gasteiger partial charge in [-0.05, 0) is 67.8 Å². The summed E-state index contributed by atoms with van der Waals surface area (Å²) in [6.45, 7) is 4.04. The second-order valence-corrected chi connectivity index (χ2v) is 9.10. The van der Waals surface area contributed by atoms with Gasteiger partial charge in [0.05, 0.1) is 27.1 Å². The molecule has 1 atom stereocenters. The summed E-state index contributed by atoms with van der Waals surface area (Å²) in [6.07, 6.45) is 6.58. The van der Waals surface area contributed by atoms with Crippen molar-refractivity contribution in [3.05, 3.63) is 83.2 Å². The van der Waals surface area contributed by atoms with Gasteiger partial charge in [0.25, 0.3) is 0 Å². The molecule has 2 aromatic carbocycles. The molecule has 0 aliphatic carbocycles. The Labute approximate surface area is 184 Å². The Morgan fingerprint density at radius 3 is 2.77 bits per heavy atom. The lowest BCUT2D eigenvalue weighted by atomic mass is 10.0. The van der Waals surface area contributed by atoms with E-state index in [2.05, 4.69) is 15.8 Å². The molecule has 0 radical (unpaired) electrons. The van der Waals surface area contributed by atoms with Gasteiger partial charge in [-0.25, -0.2) is 0 Å². The smallest absolute Gasteiger partial charge is 0.0868 e. The molecule has 3 rings (SSSR count). The first-order valence-corrected chi connectivity index (χ1v) is 11.9. The summed E-state index contributed by atoms with van der Waals surface area (Å²) in [5.41, 5.74) is 11.5. The number of anilines is 2. The molecular weight excluding hydrogens is 412 g/mol. The van der Waals surface area contributed by atoms with Gasteiger partial charge < -0.3 is 15.4 Å². The predicted octanol–water partition coefficient (Wildman–Crippen LogP) is 5.30. The molecule has 7 heteroatoms. The minimum atomic E-state index is -1.07. The molecule has 1 unspecified atom stereocenters. The minimum Gasteiger partial charge on any atom is -0.398 e. The number of rotatable bonds is 8. The van der Waals surface area contributed by atoms with Crippen LogP contribution in [0.4, 0.5) is 11.4 Å². The lowest BCUT2D eigenvalue weighted by Crippen LogP contribution is -2.07. The van der Waals surface area contributed by atoms with Crippen molar-refractivity contribution in [2.45, 2.75) is 30.1 Å². The van der Waals surface area contributed by atoms with E-state index in [-0.39, 0.29) is 0 Å². The molecule has 0 bridgehead atoms. The van der Waals surface area contributed by atoms with Crippen molar-refractivity contribution >= 4 is 39.8 Å². The van der Waals surface area contributed by atoms with E-state index < -0.39 is 10.8 Å². The number of nitrogens with two attached hydrogens (primary N) is 1. The van der Waals surface area contributed by atoms with E-state index in [1.165, 1.54) is 11.9 Å². The standard InChI is InChI=1S/C23H26N4OS2/c1-4-5-8-19-15(2)13-20(26-19)23(25)17-14-16(11-12-18(17)24)27-29-21-9-6-7-10-22(21)30(3)28/h4-7,9-14,25-27H,8,24H2,1-3H3/b5-4-,25-23?. The second kappa shape index (κ2) is 9.82. The number of allylic oxidation sites excluding steroid dienone is 2. The molecule has 0 aliphatic heterocycles. The Morgan fingerprint density at radius 2 is 2.03 bits per heavy atom. The summed E-state index contributed by atoms with van der Waals surface area (Å²) in [5.74, 6) is 0. The number of hydrogen-bond donors (Lipinski definition) is 4. The van der Waals surface area contributed by atoms with E-state index in [1.54, 1.807) is 12.3 Å². The van der Waals surface area contributed by atoms with E-state index in [0.717, 1.165) is 38.9 Å². The molecule has 5 N–H and O–H groups in total. The van der Waals surface area contributed by atoms with Gasteiger partial charge in [0.15, 0.2) is 0 Å². The fourth-order valence-corrected chi connectivity index (χ4v) is 4.82. The van der Waals surface area contributed by atoms with Crippen molar-refractivity contribution in [1.82, 2.24) is 4.98 Å². The summed E-state index contributed by atoms with van der Waals surface area (Å²) < 4.78 is 15.2. The van der Waals surface area contributed by atoms with Gasteiger partial charge in [-0.1, -0.05) is 24.3 Å². The van der Waals surface area contributed by atoms with E-state index in [1.807, 2.05) is 62.4 Å². The lowest BCUT2D eigenvalue weighted by molar-refractivity contribution is 0.685. The zero-order valence-electron chi connectivity index (χ0n) is 17.3. The topological polar surface area (TPSA) is 94.8 Å². The lowest BCUT2D eigenvalue weighted by Gasteiger charge is -2.12. The average Bonchev–Trinajstić information content (AvgIpc) is 3.11. The highest BCUT2D eigenvalue weighted by Crippen LogP contribution is 2.29. The van der Waals surface area contributed by atoms with Gasteiger partial charge in [-0.2, -0.15) is 0 Å². The second-order valence-electron chi connectivity index (χ2n) is 6.90. The van der Waals surface area contributed by atoms with Crippen molar-refractivity contribution in [1.29, 1.82) is 5.41 Å². The number of benzene rings is 2. The molecule has 0 saturated heterocycles.